The van der Waals surface area contributed by atoms with Crippen LogP contribution in [0.1, 0.15) is 82.9 Å². The molecule has 8 heteroatoms. The summed E-state index contributed by atoms with van der Waals surface area (Å²) in [6.45, 7) is 6.86. The first-order valence-electron chi connectivity index (χ1n) is 15.1. The molecule has 4 rings (SSSR count). The smallest absolute Gasteiger partial charge is 0.407 e. The second-order valence-corrected chi connectivity index (χ2v) is 11.8. The summed E-state index contributed by atoms with van der Waals surface area (Å²) in [7, 11) is 1.62. The van der Waals surface area contributed by atoms with Gasteiger partial charge in [-0.1, -0.05) is 63.6 Å². The summed E-state index contributed by atoms with van der Waals surface area (Å²) in [6, 6.07) is 14.5. The first-order valence-corrected chi connectivity index (χ1v) is 15.1. The van der Waals surface area contributed by atoms with Crippen molar-refractivity contribution in [2.75, 3.05) is 13.7 Å². The second kappa shape index (κ2) is 15.0. The highest BCUT2D eigenvalue weighted by molar-refractivity contribution is 5.69. The van der Waals surface area contributed by atoms with Crippen molar-refractivity contribution in [3.05, 3.63) is 59.7 Å². The summed E-state index contributed by atoms with van der Waals surface area (Å²) in [5.74, 6) is 2.53. The van der Waals surface area contributed by atoms with Crippen LogP contribution in [0.2, 0.25) is 0 Å². The lowest BCUT2D eigenvalue weighted by atomic mass is 9.75. The molecule has 4 atom stereocenters. The van der Waals surface area contributed by atoms with E-state index >= 15 is 0 Å². The number of methoxy groups -OCH3 is 1. The number of amides is 2. The van der Waals surface area contributed by atoms with Crippen LogP contribution in [0.15, 0.2) is 48.5 Å². The summed E-state index contributed by atoms with van der Waals surface area (Å²) >= 11 is 0. The van der Waals surface area contributed by atoms with Gasteiger partial charge in [0.2, 0.25) is 0 Å². The quantitative estimate of drug-likeness (QED) is 0.299. The van der Waals surface area contributed by atoms with Crippen LogP contribution in [-0.2, 0) is 16.1 Å². The molecule has 0 bridgehead atoms. The third-order valence-corrected chi connectivity index (χ3v) is 8.36. The first kappa shape index (κ1) is 30.5. The predicted octanol–water partition coefficient (Wildman–Crippen LogP) is 7.17. The van der Waals surface area contributed by atoms with Crippen LogP contribution >= 0.6 is 0 Å². The maximum atomic E-state index is 13.3. The largest absolute Gasteiger partial charge is 0.493 e. The van der Waals surface area contributed by atoms with Gasteiger partial charge in [-0.15, -0.1) is 0 Å². The summed E-state index contributed by atoms with van der Waals surface area (Å²) < 4.78 is 23.3. The van der Waals surface area contributed by atoms with Gasteiger partial charge >= 0.3 is 12.2 Å². The standard InChI is InChI=1S/C33H46N2O6/c1-22(2)27-16-14-23(3)18-30(27)41-33(37)35-28(20-34-32(36)39-21-24-10-6-5-7-11-24)25-15-17-29(38-4)31(19-25)40-26-12-8-9-13-26/h5-7,10-11,15,17,19,22-23,26-28,30H,8-9,12-14,16,18,20-21H2,1-4H3,(H,34,36)(H,35,37)/t23?,27?,28-,30?/m1/s1. The Labute approximate surface area is 244 Å². The SMILES string of the molecule is COc1ccc([C@@H](CNC(=O)OCc2ccccc2)NC(=O)OC2CC(C)CCC2C(C)C)cc1OC1CCCC1. The molecule has 2 saturated carbocycles. The molecule has 41 heavy (non-hydrogen) atoms. The monoisotopic (exact) mass is 566 g/mol. The fraction of sp³-hybridized carbons (Fsp3) is 0.576. The van der Waals surface area contributed by atoms with Gasteiger partial charge in [0.15, 0.2) is 11.5 Å². The number of hydrogen-bond donors (Lipinski definition) is 2. The predicted molar refractivity (Wildman–Crippen MR) is 158 cm³/mol. The summed E-state index contributed by atoms with van der Waals surface area (Å²) in [5, 5.41) is 5.83. The van der Waals surface area contributed by atoms with Crippen LogP contribution in [0.25, 0.3) is 0 Å². The molecule has 0 radical (unpaired) electrons. The van der Waals surface area contributed by atoms with Crippen LogP contribution in [-0.4, -0.2) is 38.0 Å². The zero-order chi connectivity index (χ0) is 29.2. The molecular formula is C33H46N2O6. The number of rotatable bonds is 11. The molecule has 2 aromatic carbocycles. The van der Waals surface area contributed by atoms with Crippen LogP contribution in [0, 0.1) is 17.8 Å². The highest BCUT2D eigenvalue weighted by Crippen LogP contribution is 2.36. The third kappa shape index (κ3) is 9.03. The lowest BCUT2D eigenvalue weighted by Gasteiger charge is -2.37. The molecule has 2 amide bonds. The van der Waals surface area contributed by atoms with E-state index in [9.17, 15) is 9.59 Å². The lowest BCUT2D eigenvalue weighted by Crippen LogP contribution is -2.42. The van der Waals surface area contributed by atoms with Gasteiger partial charge in [-0.2, -0.15) is 0 Å². The molecule has 3 unspecified atom stereocenters. The minimum absolute atomic E-state index is 0.118. The lowest BCUT2D eigenvalue weighted by molar-refractivity contribution is 0.00487. The molecular weight excluding hydrogens is 520 g/mol. The fourth-order valence-electron chi connectivity index (χ4n) is 5.96. The number of hydrogen-bond acceptors (Lipinski definition) is 6. The Morgan fingerprint density at radius 2 is 1.71 bits per heavy atom. The number of nitrogens with one attached hydrogen (secondary N) is 2. The average molecular weight is 567 g/mol. The third-order valence-electron chi connectivity index (χ3n) is 8.36. The molecule has 224 valence electrons. The van der Waals surface area contributed by atoms with Gasteiger partial charge in [0, 0.05) is 6.54 Å². The van der Waals surface area contributed by atoms with Crippen LogP contribution in [0.3, 0.4) is 0 Å². The fourth-order valence-corrected chi connectivity index (χ4v) is 5.96. The minimum Gasteiger partial charge on any atom is -0.493 e. The zero-order valence-electron chi connectivity index (χ0n) is 24.9. The van der Waals surface area contributed by atoms with E-state index in [1.807, 2.05) is 48.5 Å². The van der Waals surface area contributed by atoms with Crippen molar-refractivity contribution >= 4 is 12.2 Å². The minimum atomic E-state index is -0.567. The number of ether oxygens (including phenoxy) is 4. The van der Waals surface area contributed by atoms with Crippen molar-refractivity contribution < 1.29 is 28.5 Å². The molecule has 8 nitrogen and oxygen atoms in total. The molecule has 2 fully saturated rings. The Kier molecular flexibility index (Phi) is 11.2. The highest BCUT2D eigenvalue weighted by Gasteiger charge is 2.34. The van der Waals surface area contributed by atoms with Crippen molar-refractivity contribution in [1.82, 2.24) is 10.6 Å². The number of carbonyl (C=O) groups excluding carboxylic acids is 2. The Morgan fingerprint density at radius 3 is 2.41 bits per heavy atom. The van der Waals surface area contributed by atoms with Gasteiger partial charge in [0.25, 0.3) is 0 Å². The van der Waals surface area contributed by atoms with Gasteiger partial charge in [-0.05, 0) is 79.5 Å². The Hall–Kier alpha value is -3.42. The number of alkyl carbamates (subject to hydrolysis) is 2. The van der Waals surface area contributed by atoms with Crippen molar-refractivity contribution in [2.45, 2.75) is 90.6 Å². The Morgan fingerprint density at radius 1 is 0.951 bits per heavy atom. The van der Waals surface area contributed by atoms with Crippen LogP contribution in [0.4, 0.5) is 9.59 Å². The van der Waals surface area contributed by atoms with Crippen molar-refractivity contribution in [2.24, 2.45) is 17.8 Å². The van der Waals surface area contributed by atoms with E-state index in [-0.39, 0.29) is 25.4 Å². The number of carbonyl (C=O) groups is 2. The summed E-state index contributed by atoms with van der Waals surface area (Å²) in [5.41, 5.74) is 1.67. The molecule has 0 heterocycles. The van der Waals surface area contributed by atoms with E-state index in [0.717, 1.165) is 56.1 Å². The molecule has 0 saturated heterocycles. The van der Waals surface area contributed by atoms with Gasteiger partial charge in [-0.3, -0.25) is 0 Å². The normalized spacial score (nSPS) is 21.6. The molecule has 0 spiro atoms. The summed E-state index contributed by atoms with van der Waals surface area (Å²) in [4.78, 5) is 25.9. The van der Waals surface area contributed by atoms with Crippen LogP contribution < -0.4 is 20.1 Å². The van der Waals surface area contributed by atoms with Crippen LogP contribution in [0.5, 0.6) is 11.5 Å². The molecule has 2 aromatic rings. The van der Waals surface area contributed by atoms with Gasteiger partial charge < -0.3 is 29.6 Å². The van der Waals surface area contributed by atoms with E-state index in [0.29, 0.717) is 29.3 Å². The van der Waals surface area contributed by atoms with E-state index in [2.05, 4.69) is 31.4 Å². The van der Waals surface area contributed by atoms with Gasteiger partial charge in [0.05, 0.1) is 19.3 Å². The average Bonchev–Trinajstić information content (AvgIpc) is 3.47. The zero-order valence-corrected chi connectivity index (χ0v) is 24.9. The van der Waals surface area contributed by atoms with Gasteiger partial charge in [0.1, 0.15) is 12.7 Å². The number of benzene rings is 2. The Balaban J connectivity index is 1.47. The van der Waals surface area contributed by atoms with Gasteiger partial charge in [-0.25, -0.2) is 9.59 Å². The topological polar surface area (TPSA) is 95.1 Å². The van der Waals surface area contributed by atoms with Crippen molar-refractivity contribution in [3.63, 3.8) is 0 Å². The molecule has 0 aliphatic heterocycles. The first-order chi connectivity index (χ1) is 19.8. The van der Waals surface area contributed by atoms with E-state index in [1.165, 1.54) is 0 Å². The van der Waals surface area contributed by atoms with E-state index in [1.54, 1.807) is 7.11 Å². The van der Waals surface area contributed by atoms with E-state index in [4.69, 9.17) is 18.9 Å². The maximum Gasteiger partial charge on any atom is 0.407 e. The summed E-state index contributed by atoms with van der Waals surface area (Å²) in [6.07, 6.45) is 6.31. The molecule has 2 N–H and O–H groups in total. The second-order valence-electron chi connectivity index (χ2n) is 11.8. The molecule has 2 aliphatic carbocycles. The molecule has 2 aliphatic rings. The van der Waals surface area contributed by atoms with Crippen molar-refractivity contribution in [3.8, 4) is 11.5 Å². The van der Waals surface area contributed by atoms with E-state index < -0.39 is 18.2 Å². The molecule has 0 aromatic heterocycles. The highest BCUT2D eigenvalue weighted by atomic mass is 16.6. The maximum absolute atomic E-state index is 13.3. The Bertz CT molecular complexity index is 1120. The van der Waals surface area contributed by atoms with Crippen molar-refractivity contribution in [1.29, 1.82) is 0 Å².